The van der Waals surface area contributed by atoms with Crippen LogP contribution in [0, 0.1) is 23.6 Å². The van der Waals surface area contributed by atoms with Crippen molar-refractivity contribution in [1.82, 2.24) is 4.90 Å². The number of halogens is 1. The Kier molecular flexibility index (Phi) is 5.69. The average molecular weight is 560 g/mol. The molecule has 2 aromatic rings. The minimum Gasteiger partial charge on any atom is -0.511 e. The van der Waals surface area contributed by atoms with Gasteiger partial charge < -0.3 is 15.3 Å². The van der Waals surface area contributed by atoms with Gasteiger partial charge in [-0.15, -0.1) is 4.40 Å². The predicted octanol–water partition coefficient (Wildman–Crippen LogP) is 3.15. The Labute approximate surface area is 220 Å². The molecule has 2 fully saturated rings. The summed E-state index contributed by atoms with van der Waals surface area (Å²) in [7, 11) is -7.70. The Bertz CT molecular complexity index is 1630. The Morgan fingerprint density at radius 3 is 2.50 bits per heavy atom. The van der Waals surface area contributed by atoms with Gasteiger partial charge in [-0.1, -0.05) is 18.2 Å². The zero-order chi connectivity index (χ0) is 27.0. The predicted molar refractivity (Wildman–Crippen MR) is 138 cm³/mol. The molecule has 2 aromatic carbocycles. The molecule has 2 bridgehead atoms. The van der Waals surface area contributed by atoms with E-state index in [9.17, 15) is 31.1 Å². The third-order valence-electron chi connectivity index (χ3n) is 8.00. The van der Waals surface area contributed by atoms with Gasteiger partial charge in [0.2, 0.25) is 0 Å². The lowest BCUT2D eigenvalue weighted by Crippen LogP contribution is -2.53. The molecule has 2 saturated carbocycles. The summed E-state index contributed by atoms with van der Waals surface area (Å²) in [5.74, 6) is -1.64. The number of fused-ring (bicyclic) bond motifs is 6. The smallest absolute Gasteiger partial charge is 0.286 e. The Hall–Kier alpha value is -3.25. The maximum Gasteiger partial charge on any atom is 0.286 e. The molecule has 2 N–H and O–H groups in total. The van der Waals surface area contributed by atoms with Crippen LogP contribution in [0.1, 0.15) is 30.4 Å². The molecule has 0 aromatic heterocycles. The van der Waals surface area contributed by atoms with E-state index >= 15 is 0 Å². The van der Waals surface area contributed by atoms with Gasteiger partial charge in [0, 0.05) is 24.8 Å². The second-order valence-electron chi connectivity index (χ2n) is 10.6. The molecule has 200 valence electrons. The summed E-state index contributed by atoms with van der Waals surface area (Å²) in [6, 6.07) is 9.81. The minimum absolute atomic E-state index is 0.139. The van der Waals surface area contributed by atoms with Gasteiger partial charge in [-0.05, 0) is 66.5 Å². The van der Waals surface area contributed by atoms with Gasteiger partial charge in [-0.3, -0.25) is 4.79 Å². The molecule has 2 aliphatic heterocycles. The number of anilines is 1. The van der Waals surface area contributed by atoms with E-state index in [0.29, 0.717) is 5.56 Å². The Morgan fingerprint density at radius 2 is 1.79 bits per heavy atom. The van der Waals surface area contributed by atoms with Crippen LogP contribution in [-0.2, 0) is 37.0 Å². The van der Waals surface area contributed by atoms with E-state index in [2.05, 4.69) is 9.71 Å². The number of aliphatic hydroxyl groups excluding tert-OH is 1. The van der Waals surface area contributed by atoms with E-state index in [0.717, 1.165) is 31.1 Å². The molecule has 38 heavy (non-hydrogen) atoms. The number of amides is 1. The number of nitrogens with zero attached hydrogens (tertiary/aromatic N) is 2. The highest BCUT2D eigenvalue weighted by Crippen LogP contribution is 2.55. The highest BCUT2D eigenvalue weighted by Gasteiger charge is 2.57. The fourth-order valence-corrected chi connectivity index (χ4v) is 8.50. The molecule has 12 heteroatoms. The van der Waals surface area contributed by atoms with Crippen molar-refractivity contribution in [1.29, 1.82) is 0 Å². The molecule has 0 spiro atoms. The van der Waals surface area contributed by atoms with Crippen molar-refractivity contribution >= 4 is 37.3 Å². The summed E-state index contributed by atoms with van der Waals surface area (Å²) in [6.45, 7) is 0.186. The van der Waals surface area contributed by atoms with E-state index in [4.69, 9.17) is 0 Å². The van der Waals surface area contributed by atoms with Crippen LogP contribution in [0.25, 0.3) is 0 Å². The van der Waals surface area contributed by atoms with Crippen LogP contribution in [0.2, 0.25) is 0 Å². The third-order valence-corrected chi connectivity index (χ3v) is 10.2. The van der Waals surface area contributed by atoms with E-state index in [-0.39, 0.29) is 69.7 Å². The van der Waals surface area contributed by atoms with Crippen LogP contribution in [0.15, 0.2) is 63.1 Å². The molecular formula is C26H26FN3O6S2. The van der Waals surface area contributed by atoms with E-state index in [1.807, 2.05) is 0 Å². The molecule has 2 heterocycles. The Morgan fingerprint density at radius 1 is 1.11 bits per heavy atom. The maximum absolute atomic E-state index is 13.9. The number of sulfonamides is 1. The molecule has 0 radical (unpaired) electrons. The molecule has 9 nitrogen and oxygen atoms in total. The number of hydrogen-bond acceptors (Lipinski definition) is 7. The average Bonchev–Trinajstić information content (AvgIpc) is 3.45. The largest absolute Gasteiger partial charge is 0.511 e. The first kappa shape index (κ1) is 25.1. The molecule has 0 saturated heterocycles. The number of amidine groups is 1. The Balaban J connectivity index is 1.41. The normalized spacial score (nSPS) is 27.6. The van der Waals surface area contributed by atoms with Gasteiger partial charge in [0.15, 0.2) is 15.7 Å². The second-order valence-corrected chi connectivity index (χ2v) is 14.3. The number of benzene rings is 2. The van der Waals surface area contributed by atoms with Crippen LogP contribution in [0.5, 0.6) is 0 Å². The zero-order valence-corrected chi connectivity index (χ0v) is 22.1. The lowest BCUT2D eigenvalue weighted by Gasteiger charge is -2.44. The van der Waals surface area contributed by atoms with Gasteiger partial charge >= 0.3 is 0 Å². The summed E-state index contributed by atoms with van der Waals surface area (Å²) < 4.78 is 67.1. The summed E-state index contributed by atoms with van der Waals surface area (Å²) in [5, 5.41) is 14.3. The van der Waals surface area contributed by atoms with E-state index in [1.165, 1.54) is 30.3 Å². The van der Waals surface area contributed by atoms with Crippen molar-refractivity contribution in [2.75, 3.05) is 11.6 Å². The molecule has 4 aliphatic rings. The van der Waals surface area contributed by atoms with Crippen molar-refractivity contribution < 1.29 is 31.1 Å². The number of hydrogen-bond donors (Lipinski definition) is 2. The molecule has 4 atom stereocenters. The topological polar surface area (TPSA) is 133 Å². The molecule has 2 aliphatic carbocycles. The first-order valence-electron chi connectivity index (χ1n) is 12.3. The quantitative estimate of drug-likeness (QED) is 0.575. The number of nitrogens with one attached hydrogen (secondary N) is 1. The van der Waals surface area contributed by atoms with E-state index in [1.54, 1.807) is 17.0 Å². The number of rotatable bonds is 5. The lowest BCUT2D eigenvalue weighted by atomic mass is 9.77. The summed E-state index contributed by atoms with van der Waals surface area (Å²) in [5.41, 5.74) is 0.967. The summed E-state index contributed by atoms with van der Waals surface area (Å²) in [4.78, 5) is 15.4. The minimum atomic E-state index is -4.31. The number of sulfone groups is 1. The van der Waals surface area contributed by atoms with Crippen molar-refractivity contribution in [3.8, 4) is 0 Å². The number of aliphatic hydroxyl groups is 1. The van der Waals surface area contributed by atoms with Crippen LogP contribution in [0.4, 0.5) is 10.1 Å². The zero-order valence-electron chi connectivity index (χ0n) is 20.5. The fraction of sp³-hybridized carbons (Fsp3) is 0.385. The van der Waals surface area contributed by atoms with Gasteiger partial charge in [-0.25, -0.2) is 12.8 Å². The molecule has 6 rings (SSSR count). The van der Waals surface area contributed by atoms with Crippen molar-refractivity contribution in [2.24, 2.45) is 22.2 Å². The fourth-order valence-electron chi connectivity index (χ4n) is 6.54. The van der Waals surface area contributed by atoms with E-state index < -0.39 is 25.8 Å². The lowest BCUT2D eigenvalue weighted by molar-refractivity contribution is -0.134. The molecule has 0 unspecified atom stereocenters. The maximum atomic E-state index is 13.9. The van der Waals surface area contributed by atoms with Crippen LogP contribution < -0.4 is 5.32 Å². The first-order chi connectivity index (χ1) is 17.9. The van der Waals surface area contributed by atoms with Crippen LogP contribution in [-0.4, -0.2) is 50.9 Å². The van der Waals surface area contributed by atoms with Gasteiger partial charge in [0.05, 0.1) is 11.4 Å². The SMILES string of the molecule is CS(=O)(=O)Cc1ccc2c(c1)S(=O)(=O)N=C(C1=C(O)[C@@H]3[C@H]4CC[C@H](C4)[C@@H]3N(Cc3ccc(F)cc3)C1=O)N2. The van der Waals surface area contributed by atoms with Gasteiger partial charge in [-0.2, -0.15) is 8.42 Å². The van der Waals surface area contributed by atoms with Gasteiger partial charge in [0.25, 0.3) is 15.9 Å². The summed E-state index contributed by atoms with van der Waals surface area (Å²) in [6.07, 6.45) is 3.77. The van der Waals surface area contributed by atoms with Crippen molar-refractivity contribution in [3.05, 3.63) is 70.7 Å². The second kappa shape index (κ2) is 8.63. The third kappa shape index (κ3) is 4.19. The van der Waals surface area contributed by atoms with Crippen molar-refractivity contribution in [2.45, 2.75) is 42.5 Å². The highest BCUT2D eigenvalue weighted by molar-refractivity contribution is 7.90. The highest BCUT2D eigenvalue weighted by atomic mass is 32.2. The number of carbonyl (C=O) groups is 1. The standard InChI is InChI=1S/C26H26FN3O6S2/c1-37(33,34)13-15-4-9-19-20(10-15)38(35,36)29-25(28-19)22-24(31)21-16-5-6-17(11-16)23(21)30(26(22)32)12-14-2-7-18(27)8-3-14/h2-4,7-10,16-17,21,23,31H,5-6,11-13H2,1H3,(H,28,29)/t16-,17+,21+,23-/m0/s1. The monoisotopic (exact) mass is 559 g/mol. The molecular weight excluding hydrogens is 533 g/mol. The van der Waals surface area contributed by atoms with Gasteiger partial charge in [0.1, 0.15) is 22.0 Å². The number of carbonyl (C=O) groups excluding carboxylic acids is 1. The van der Waals surface area contributed by atoms with Crippen LogP contribution >= 0.6 is 0 Å². The summed E-state index contributed by atoms with van der Waals surface area (Å²) >= 11 is 0. The van der Waals surface area contributed by atoms with Crippen LogP contribution in [0.3, 0.4) is 0 Å². The first-order valence-corrected chi connectivity index (χ1v) is 15.8. The van der Waals surface area contributed by atoms with Crippen molar-refractivity contribution in [3.63, 3.8) is 0 Å². The molecule has 1 amide bonds.